The van der Waals surface area contributed by atoms with Crippen molar-refractivity contribution in [2.24, 2.45) is 11.1 Å². The van der Waals surface area contributed by atoms with Crippen LogP contribution in [0.1, 0.15) is 32.8 Å². The van der Waals surface area contributed by atoms with Crippen LogP contribution in [0.15, 0.2) is 24.3 Å². The van der Waals surface area contributed by atoms with Crippen LogP contribution in [0.5, 0.6) is 5.75 Å². The molecule has 1 amide bonds. The Morgan fingerprint density at radius 3 is 2.65 bits per heavy atom. The molecule has 1 unspecified atom stereocenters. The Hall–Kier alpha value is -1.55. The molecule has 1 rings (SSSR count). The Morgan fingerprint density at radius 2 is 2.10 bits per heavy atom. The van der Waals surface area contributed by atoms with E-state index in [1.54, 1.807) is 7.11 Å². The van der Waals surface area contributed by atoms with Crippen LogP contribution in [0, 0.1) is 5.41 Å². The zero-order valence-corrected chi connectivity index (χ0v) is 12.9. The molecule has 0 radical (unpaired) electrons. The smallest absolute Gasteiger partial charge is 0.224 e. The predicted octanol–water partition coefficient (Wildman–Crippen LogP) is 2.12. The van der Waals surface area contributed by atoms with E-state index >= 15 is 0 Å². The van der Waals surface area contributed by atoms with Gasteiger partial charge in [0.2, 0.25) is 5.91 Å². The predicted molar refractivity (Wildman–Crippen MR) is 81.8 cm³/mol. The lowest BCUT2D eigenvalue weighted by Crippen LogP contribution is -2.45. The molecule has 1 aromatic rings. The number of benzene rings is 1. The first-order chi connectivity index (χ1) is 9.36. The number of carbonyl (C=O) groups excluding carboxylic acids is 1. The van der Waals surface area contributed by atoms with E-state index in [2.05, 4.69) is 26.1 Å². The molecule has 0 saturated carbocycles. The van der Waals surface area contributed by atoms with E-state index in [0.717, 1.165) is 17.7 Å². The maximum atomic E-state index is 12.2. The number of methoxy groups -OCH3 is 1. The molecule has 0 spiro atoms. The van der Waals surface area contributed by atoms with Gasteiger partial charge < -0.3 is 15.8 Å². The SMILES string of the molecule is COc1cccc(CC(=O)NC(CCN)C(C)(C)C)c1. The van der Waals surface area contributed by atoms with Crippen LogP contribution in [0.25, 0.3) is 0 Å². The van der Waals surface area contributed by atoms with Crippen molar-refractivity contribution in [3.63, 3.8) is 0 Å². The number of ether oxygens (including phenoxy) is 1. The molecule has 1 atom stereocenters. The first-order valence-corrected chi connectivity index (χ1v) is 6.99. The lowest BCUT2D eigenvalue weighted by Gasteiger charge is -2.31. The summed E-state index contributed by atoms with van der Waals surface area (Å²) in [5.74, 6) is 0.788. The molecular weight excluding hydrogens is 252 g/mol. The highest BCUT2D eigenvalue weighted by Gasteiger charge is 2.25. The summed E-state index contributed by atoms with van der Waals surface area (Å²) in [5.41, 5.74) is 6.57. The average molecular weight is 278 g/mol. The normalized spacial score (nSPS) is 12.8. The van der Waals surface area contributed by atoms with Crippen LogP contribution in [-0.2, 0) is 11.2 Å². The minimum Gasteiger partial charge on any atom is -0.497 e. The van der Waals surface area contributed by atoms with E-state index in [1.807, 2.05) is 24.3 Å². The molecule has 0 aliphatic rings. The topological polar surface area (TPSA) is 64.3 Å². The van der Waals surface area contributed by atoms with Crippen LogP contribution in [0.2, 0.25) is 0 Å². The van der Waals surface area contributed by atoms with Crippen LogP contribution in [0.4, 0.5) is 0 Å². The van der Waals surface area contributed by atoms with E-state index in [4.69, 9.17) is 10.5 Å². The summed E-state index contributed by atoms with van der Waals surface area (Å²) >= 11 is 0. The Labute approximate surface area is 121 Å². The van der Waals surface area contributed by atoms with Crippen molar-refractivity contribution in [2.45, 2.75) is 39.7 Å². The number of amides is 1. The third-order valence-corrected chi connectivity index (χ3v) is 3.33. The summed E-state index contributed by atoms with van der Waals surface area (Å²) in [5, 5.41) is 3.08. The molecule has 0 aromatic heterocycles. The lowest BCUT2D eigenvalue weighted by atomic mass is 9.84. The molecule has 0 aliphatic carbocycles. The second kappa shape index (κ2) is 7.29. The van der Waals surface area contributed by atoms with Crippen LogP contribution in [0.3, 0.4) is 0 Å². The fraction of sp³-hybridized carbons (Fsp3) is 0.562. The number of hydrogen-bond acceptors (Lipinski definition) is 3. The molecule has 4 heteroatoms. The average Bonchev–Trinajstić information content (AvgIpc) is 2.37. The quantitative estimate of drug-likeness (QED) is 0.837. The molecule has 0 fully saturated rings. The largest absolute Gasteiger partial charge is 0.497 e. The first kappa shape index (κ1) is 16.5. The van der Waals surface area contributed by atoms with Gasteiger partial charge in [-0.3, -0.25) is 4.79 Å². The van der Waals surface area contributed by atoms with Crippen molar-refractivity contribution in [2.75, 3.05) is 13.7 Å². The molecule has 1 aromatic carbocycles. The summed E-state index contributed by atoms with van der Waals surface area (Å²) in [6.07, 6.45) is 1.14. The van der Waals surface area contributed by atoms with Gasteiger partial charge in [0.25, 0.3) is 0 Å². The Balaban J connectivity index is 2.65. The minimum absolute atomic E-state index is 0.00338. The highest BCUT2D eigenvalue weighted by molar-refractivity contribution is 5.79. The van der Waals surface area contributed by atoms with Gasteiger partial charge in [0, 0.05) is 6.04 Å². The van der Waals surface area contributed by atoms with E-state index in [-0.39, 0.29) is 17.4 Å². The molecule has 4 nitrogen and oxygen atoms in total. The summed E-state index contributed by atoms with van der Waals surface area (Å²) in [6.45, 7) is 6.90. The third-order valence-electron chi connectivity index (χ3n) is 3.33. The maximum absolute atomic E-state index is 12.2. The van der Waals surface area contributed by atoms with Crippen molar-refractivity contribution < 1.29 is 9.53 Å². The van der Waals surface area contributed by atoms with E-state index in [9.17, 15) is 4.79 Å². The number of nitrogens with two attached hydrogens (primary N) is 1. The molecular formula is C16H26N2O2. The number of carbonyl (C=O) groups is 1. The molecule has 0 saturated heterocycles. The standard InChI is InChI=1S/C16H26N2O2/c1-16(2,3)14(8-9-17)18-15(19)11-12-6-5-7-13(10-12)20-4/h5-7,10,14H,8-9,11,17H2,1-4H3,(H,18,19). The van der Waals surface area contributed by atoms with Gasteiger partial charge in [-0.05, 0) is 36.1 Å². The first-order valence-electron chi connectivity index (χ1n) is 6.99. The third kappa shape index (κ3) is 5.21. The van der Waals surface area contributed by atoms with Crippen molar-refractivity contribution in [3.8, 4) is 5.75 Å². The van der Waals surface area contributed by atoms with Gasteiger partial charge >= 0.3 is 0 Å². The van der Waals surface area contributed by atoms with Gasteiger partial charge in [-0.15, -0.1) is 0 Å². The second-order valence-corrected chi connectivity index (χ2v) is 6.09. The van der Waals surface area contributed by atoms with Gasteiger partial charge in [-0.25, -0.2) is 0 Å². The number of hydrogen-bond donors (Lipinski definition) is 2. The second-order valence-electron chi connectivity index (χ2n) is 6.09. The fourth-order valence-electron chi connectivity index (χ4n) is 2.10. The van der Waals surface area contributed by atoms with Crippen molar-refractivity contribution in [3.05, 3.63) is 29.8 Å². The molecule has 112 valence electrons. The lowest BCUT2D eigenvalue weighted by molar-refractivity contribution is -0.121. The van der Waals surface area contributed by atoms with E-state index in [1.165, 1.54) is 0 Å². The Morgan fingerprint density at radius 1 is 1.40 bits per heavy atom. The van der Waals surface area contributed by atoms with Gasteiger partial charge in [0.15, 0.2) is 0 Å². The van der Waals surface area contributed by atoms with Crippen molar-refractivity contribution in [1.82, 2.24) is 5.32 Å². The Kier molecular flexibility index (Phi) is 6.02. The van der Waals surface area contributed by atoms with Crippen LogP contribution < -0.4 is 15.8 Å². The summed E-state index contributed by atoms with van der Waals surface area (Å²) in [7, 11) is 1.62. The number of nitrogens with one attached hydrogen (secondary N) is 1. The Bertz CT molecular complexity index is 438. The van der Waals surface area contributed by atoms with E-state index in [0.29, 0.717) is 13.0 Å². The summed E-state index contributed by atoms with van der Waals surface area (Å²) in [4.78, 5) is 12.2. The zero-order valence-electron chi connectivity index (χ0n) is 12.9. The van der Waals surface area contributed by atoms with Gasteiger partial charge in [-0.2, -0.15) is 0 Å². The molecule has 20 heavy (non-hydrogen) atoms. The molecule has 3 N–H and O–H groups in total. The maximum Gasteiger partial charge on any atom is 0.224 e. The van der Waals surface area contributed by atoms with Crippen LogP contribution in [-0.4, -0.2) is 25.6 Å². The summed E-state index contributed by atoms with van der Waals surface area (Å²) < 4.78 is 5.16. The highest BCUT2D eigenvalue weighted by Crippen LogP contribution is 2.21. The minimum atomic E-state index is 0.00338. The number of rotatable bonds is 6. The van der Waals surface area contributed by atoms with Crippen molar-refractivity contribution in [1.29, 1.82) is 0 Å². The van der Waals surface area contributed by atoms with Crippen molar-refractivity contribution >= 4 is 5.91 Å². The molecule has 0 aliphatic heterocycles. The van der Waals surface area contributed by atoms with Gasteiger partial charge in [0.05, 0.1) is 13.5 Å². The highest BCUT2D eigenvalue weighted by atomic mass is 16.5. The van der Waals surface area contributed by atoms with Gasteiger partial charge in [0.1, 0.15) is 5.75 Å². The zero-order chi connectivity index (χ0) is 15.2. The molecule has 0 heterocycles. The monoisotopic (exact) mass is 278 g/mol. The molecule has 0 bridgehead atoms. The fourth-order valence-corrected chi connectivity index (χ4v) is 2.10. The van der Waals surface area contributed by atoms with E-state index < -0.39 is 0 Å². The summed E-state index contributed by atoms with van der Waals surface area (Å²) in [6, 6.07) is 7.66. The van der Waals surface area contributed by atoms with Crippen LogP contribution >= 0.6 is 0 Å². The van der Waals surface area contributed by atoms with Gasteiger partial charge in [-0.1, -0.05) is 32.9 Å².